The number of carbonyl (C=O) groups excluding carboxylic acids is 1. The van der Waals surface area contributed by atoms with Gasteiger partial charge in [0.15, 0.2) is 5.65 Å². The van der Waals surface area contributed by atoms with Crippen LogP contribution in [0.5, 0.6) is 0 Å². The number of fused-ring (bicyclic) bond motifs is 3. The van der Waals surface area contributed by atoms with Gasteiger partial charge >= 0.3 is 6.18 Å². The Labute approximate surface area is 163 Å². The summed E-state index contributed by atoms with van der Waals surface area (Å²) >= 11 is 0. The predicted molar refractivity (Wildman–Crippen MR) is 99.2 cm³/mol. The third-order valence-corrected chi connectivity index (χ3v) is 5.88. The van der Waals surface area contributed by atoms with E-state index in [1.54, 1.807) is 10.7 Å². The molecular formula is C19H21F4N5O. The predicted octanol–water partition coefficient (Wildman–Crippen LogP) is 3.36. The van der Waals surface area contributed by atoms with E-state index < -0.39 is 24.3 Å². The van der Waals surface area contributed by atoms with Crippen LogP contribution in [0.3, 0.4) is 0 Å². The standard InChI is InChI=1S/C19H21F4N5O/c1-18(2-5-27(6-3-18)7-4-19(21,22)23)13-10-25-28-15-12(16(24)29)8-11(20)9-14(15)26-17(13)28/h8-10,25H,2-7H2,1H3,(H2,24,29). The van der Waals surface area contributed by atoms with E-state index in [0.29, 0.717) is 42.6 Å². The molecule has 1 aromatic carbocycles. The minimum absolute atomic E-state index is 0.00333. The first kappa shape index (κ1) is 19.7. The van der Waals surface area contributed by atoms with E-state index in [0.717, 1.165) is 11.6 Å². The molecule has 4 rings (SSSR count). The molecule has 0 aliphatic carbocycles. The summed E-state index contributed by atoms with van der Waals surface area (Å²) in [5.41, 5.74) is 7.32. The Morgan fingerprint density at radius 1 is 1.31 bits per heavy atom. The van der Waals surface area contributed by atoms with Crippen molar-refractivity contribution in [2.45, 2.75) is 37.8 Å². The van der Waals surface area contributed by atoms with Crippen LogP contribution in [0.25, 0.3) is 16.7 Å². The topological polar surface area (TPSA) is 79.4 Å². The van der Waals surface area contributed by atoms with Crippen LogP contribution < -0.4 is 5.73 Å². The van der Waals surface area contributed by atoms with E-state index in [9.17, 15) is 22.4 Å². The lowest BCUT2D eigenvalue weighted by Gasteiger charge is -2.39. The number of likely N-dealkylation sites (tertiary alicyclic amines) is 1. The fourth-order valence-corrected chi connectivity index (χ4v) is 4.13. The van der Waals surface area contributed by atoms with Gasteiger partial charge in [0.25, 0.3) is 5.91 Å². The Balaban J connectivity index is 1.65. The minimum atomic E-state index is -4.16. The normalized spacial score (nSPS) is 18.0. The van der Waals surface area contributed by atoms with Crippen molar-refractivity contribution in [3.63, 3.8) is 0 Å². The average Bonchev–Trinajstić information content (AvgIpc) is 3.18. The number of amides is 1. The second kappa shape index (κ2) is 6.72. The molecule has 2 aromatic heterocycles. The first-order chi connectivity index (χ1) is 13.6. The highest BCUT2D eigenvalue weighted by atomic mass is 19.4. The van der Waals surface area contributed by atoms with Crippen molar-refractivity contribution in [1.29, 1.82) is 0 Å². The summed E-state index contributed by atoms with van der Waals surface area (Å²) < 4.78 is 52.9. The number of aromatic nitrogens is 3. The Morgan fingerprint density at radius 2 is 2.00 bits per heavy atom. The highest BCUT2D eigenvalue weighted by Crippen LogP contribution is 2.38. The first-order valence-corrected chi connectivity index (χ1v) is 9.36. The molecule has 0 radical (unpaired) electrons. The van der Waals surface area contributed by atoms with Gasteiger partial charge in [0.2, 0.25) is 0 Å². The van der Waals surface area contributed by atoms with Crippen LogP contribution in [0, 0.1) is 5.82 Å². The molecule has 10 heteroatoms. The molecule has 0 atom stereocenters. The zero-order valence-electron chi connectivity index (χ0n) is 15.8. The number of nitrogens with zero attached hydrogens (tertiary/aromatic N) is 3. The molecule has 29 heavy (non-hydrogen) atoms. The zero-order valence-corrected chi connectivity index (χ0v) is 15.8. The largest absolute Gasteiger partial charge is 0.390 e. The molecule has 3 aromatic rings. The lowest BCUT2D eigenvalue weighted by molar-refractivity contribution is -0.138. The van der Waals surface area contributed by atoms with Crippen LogP contribution in [-0.2, 0) is 5.41 Å². The molecule has 0 unspecified atom stereocenters. The van der Waals surface area contributed by atoms with Gasteiger partial charge in [0, 0.05) is 29.8 Å². The highest BCUT2D eigenvalue weighted by Gasteiger charge is 2.36. The van der Waals surface area contributed by atoms with E-state index >= 15 is 0 Å². The first-order valence-electron chi connectivity index (χ1n) is 9.36. The number of piperidine rings is 1. The van der Waals surface area contributed by atoms with Crippen molar-refractivity contribution in [3.05, 3.63) is 35.3 Å². The maximum Gasteiger partial charge on any atom is 0.390 e. The van der Waals surface area contributed by atoms with E-state index in [-0.39, 0.29) is 17.5 Å². The van der Waals surface area contributed by atoms with Crippen molar-refractivity contribution in [1.82, 2.24) is 19.5 Å². The number of H-pyrrole nitrogens is 1. The van der Waals surface area contributed by atoms with Crippen molar-refractivity contribution < 1.29 is 22.4 Å². The number of imidazole rings is 1. The van der Waals surface area contributed by atoms with Gasteiger partial charge in [-0.2, -0.15) is 13.2 Å². The summed E-state index contributed by atoms with van der Waals surface area (Å²) in [5, 5.41) is 3.07. The number of halogens is 4. The summed E-state index contributed by atoms with van der Waals surface area (Å²) in [5.74, 6) is -1.35. The molecule has 1 aliphatic heterocycles. The molecule has 1 fully saturated rings. The Morgan fingerprint density at radius 3 is 2.62 bits per heavy atom. The minimum Gasteiger partial charge on any atom is -0.366 e. The second-order valence-corrected chi connectivity index (χ2v) is 7.91. The van der Waals surface area contributed by atoms with Crippen molar-refractivity contribution in [2.24, 2.45) is 5.73 Å². The summed E-state index contributed by atoms with van der Waals surface area (Å²) in [4.78, 5) is 18.1. The van der Waals surface area contributed by atoms with Crippen LogP contribution in [0.4, 0.5) is 17.6 Å². The van der Waals surface area contributed by atoms with Gasteiger partial charge in [-0.1, -0.05) is 6.92 Å². The van der Waals surface area contributed by atoms with Crippen LogP contribution in [0.2, 0.25) is 0 Å². The number of nitrogens with one attached hydrogen (secondary N) is 1. The smallest absolute Gasteiger partial charge is 0.366 e. The Hall–Kier alpha value is -2.62. The Kier molecular flexibility index (Phi) is 4.56. The number of carbonyl (C=O) groups is 1. The lowest BCUT2D eigenvalue weighted by Crippen LogP contribution is -2.42. The maximum absolute atomic E-state index is 13.9. The summed E-state index contributed by atoms with van der Waals surface area (Å²) in [6, 6.07) is 2.33. The van der Waals surface area contributed by atoms with Gasteiger partial charge in [0.1, 0.15) is 11.3 Å². The van der Waals surface area contributed by atoms with Crippen LogP contribution >= 0.6 is 0 Å². The van der Waals surface area contributed by atoms with E-state index in [4.69, 9.17) is 5.73 Å². The molecular weight excluding hydrogens is 390 g/mol. The van der Waals surface area contributed by atoms with Crippen LogP contribution in [-0.4, -0.2) is 51.2 Å². The number of hydrogen-bond donors (Lipinski definition) is 2. The van der Waals surface area contributed by atoms with Crippen LogP contribution in [0.1, 0.15) is 42.1 Å². The molecule has 0 saturated carbocycles. The highest BCUT2D eigenvalue weighted by molar-refractivity contribution is 6.05. The molecule has 1 amide bonds. The van der Waals surface area contributed by atoms with Crippen LogP contribution in [0.15, 0.2) is 18.3 Å². The second-order valence-electron chi connectivity index (χ2n) is 7.91. The fraction of sp³-hybridized carbons (Fsp3) is 0.474. The van der Waals surface area contributed by atoms with Crippen molar-refractivity contribution >= 4 is 22.6 Å². The molecule has 1 aliphatic rings. The van der Waals surface area contributed by atoms with E-state index in [2.05, 4.69) is 10.1 Å². The van der Waals surface area contributed by atoms with Gasteiger partial charge in [-0.3, -0.25) is 9.89 Å². The number of hydrogen-bond acceptors (Lipinski definition) is 3. The third kappa shape index (κ3) is 3.57. The van der Waals surface area contributed by atoms with E-state index in [1.807, 2.05) is 11.8 Å². The van der Waals surface area contributed by atoms with Crippen molar-refractivity contribution in [2.75, 3.05) is 19.6 Å². The van der Waals surface area contributed by atoms with E-state index in [1.165, 1.54) is 6.07 Å². The molecule has 156 valence electrons. The average molecular weight is 411 g/mol. The fourth-order valence-electron chi connectivity index (χ4n) is 4.13. The molecule has 3 N–H and O–H groups in total. The molecule has 0 bridgehead atoms. The lowest BCUT2D eigenvalue weighted by atomic mass is 9.75. The third-order valence-electron chi connectivity index (χ3n) is 5.88. The van der Waals surface area contributed by atoms with Gasteiger partial charge in [0.05, 0.1) is 17.5 Å². The molecule has 6 nitrogen and oxygen atoms in total. The quantitative estimate of drug-likeness (QED) is 0.646. The Bertz CT molecular complexity index is 1080. The number of rotatable bonds is 4. The van der Waals surface area contributed by atoms with Gasteiger partial charge in [-0.25, -0.2) is 13.9 Å². The van der Waals surface area contributed by atoms with Gasteiger partial charge < -0.3 is 10.6 Å². The number of benzene rings is 1. The van der Waals surface area contributed by atoms with Gasteiger partial charge in [-0.05, 0) is 32.0 Å². The molecule has 1 saturated heterocycles. The SMILES string of the molecule is CC1(c2c[nH]n3c2nc2cc(F)cc(C(N)=O)c23)CCN(CCC(F)(F)F)CC1. The zero-order chi connectivity index (χ0) is 21.0. The summed E-state index contributed by atoms with van der Waals surface area (Å²) in [6.45, 7) is 3.14. The van der Waals surface area contributed by atoms with Gasteiger partial charge in [-0.15, -0.1) is 0 Å². The number of primary amides is 1. The molecule has 3 heterocycles. The monoisotopic (exact) mass is 411 g/mol. The summed E-state index contributed by atoms with van der Waals surface area (Å²) in [7, 11) is 0. The number of nitrogens with two attached hydrogens (primary N) is 1. The molecule has 0 spiro atoms. The maximum atomic E-state index is 13.9. The number of aromatic amines is 1. The van der Waals surface area contributed by atoms with Crippen molar-refractivity contribution in [3.8, 4) is 0 Å². The summed E-state index contributed by atoms with van der Waals surface area (Å²) in [6.07, 6.45) is -1.85. The number of alkyl halides is 3.